The van der Waals surface area contributed by atoms with Crippen molar-refractivity contribution in [2.75, 3.05) is 57.1 Å². The van der Waals surface area contributed by atoms with Crippen LogP contribution in [0.25, 0.3) is 10.2 Å². The summed E-state index contributed by atoms with van der Waals surface area (Å²) < 4.78 is 39.8. The highest BCUT2D eigenvalue weighted by atomic mass is 32.2. The Morgan fingerprint density at radius 3 is 2.55 bits per heavy atom. The highest BCUT2D eigenvalue weighted by molar-refractivity contribution is 7.98. The zero-order valence-corrected chi connectivity index (χ0v) is 24.9. The maximum atomic E-state index is 13.8. The number of rotatable bonds is 8. The van der Waals surface area contributed by atoms with Gasteiger partial charge in [-0.2, -0.15) is 4.31 Å². The smallest absolute Gasteiger partial charge is 0.409 e. The third kappa shape index (κ3) is 5.98. The van der Waals surface area contributed by atoms with Gasteiger partial charge in [-0.1, -0.05) is 17.4 Å². The zero-order valence-electron chi connectivity index (χ0n) is 22.4. The quantitative estimate of drug-likeness (QED) is 0.350. The van der Waals surface area contributed by atoms with E-state index in [1.807, 2.05) is 24.5 Å². The second kappa shape index (κ2) is 12.4. The van der Waals surface area contributed by atoms with Gasteiger partial charge in [0.15, 0.2) is 5.13 Å². The Hall–Kier alpha value is -2.71. The monoisotopic (exact) mass is 604 g/mol. The third-order valence-electron chi connectivity index (χ3n) is 6.98. The van der Waals surface area contributed by atoms with Crippen LogP contribution in [0.1, 0.15) is 30.1 Å². The zero-order chi connectivity index (χ0) is 28.3. The molecule has 0 bridgehead atoms. The Bertz CT molecular complexity index is 1460. The summed E-state index contributed by atoms with van der Waals surface area (Å²) in [4.78, 5) is 34.9. The normalized spacial score (nSPS) is 18.2. The van der Waals surface area contributed by atoms with Crippen molar-refractivity contribution in [3.63, 3.8) is 0 Å². The number of ether oxygens (including phenoxy) is 2. The molecule has 3 heterocycles. The van der Waals surface area contributed by atoms with Crippen LogP contribution in [0.3, 0.4) is 0 Å². The van der Waals surface area contributed by atoms with Crippen molar-refractivity contribution in [2.45, 2.75) is 35.7 Å². The van der Waals surface area contributed by atoms with Gasteiger partial charge in [0.2, 0.25) is 10.0 Å². The van der Waals surface area contributed by atoms with Gasteiger partial charge < -0.3 is 14.4 Å². The molecular weight excluding hydrogens is 573 g/mol. The first-order valence-corrected chi connectivity index (χ1v) is 16.7. The topological polar surface area (TPSA) is 109 Å². The molecule has 1 atom stereocenters. The SMILES string of the molecule is CCOC(=O)N1CCN(S(=O)(=O)c2ccc(C(=O)N(CC3CCCO3)c3nc4c(SC)cccc4s3)cc2)CC1. The number of amides is 2. The van der Waals surface area contributed by atoms with Crippen molar-refractivity contribution in [2.24, 2.45) is 0 Å². The maximum absolute atomic E-state index is 13.8. The number of thiazole rings is 1. The van der Waals surface area contributed by atoms with Gasteiger partial charge in [-0.05, 0) is 62.4 Å². The summed E-state index contributed by atoms with van der Waals surface area (Å²) in [7, 11) is -3.78. The van der Waals surface area contributed by atoms with Crippen LogP contribution in [0.2, 0.25) is 0 Å². The van der Waals surface area contributed by atoms with Crippen LogP contribution in [0, 0.1) is 0 Å². The second-order valence-corrected chi connectivity index (χ2v) is 13.3. The van der Waals surface area contributed by atoms with Gasteiger partial charge in [0.05, 0.1) is 34.4 Å². The number of carbonyl (C=O) groups is 2. The number of para-hydroxylation sites is 1. The molecule has 10 nitrogen and oxygen atoms in total. The number of anilines is 1. The minimum absolute atomic E-state index is 0.0797. The van der Waals surface area contributed by atoms with Gasteiger partial charge in [-0.15, -0.1) is 11.8 Å². The molecule has 1 aromatic heterocycles. The molecule has 2 aliphatic rings. The van der Waals surface area contributed by atoms with Crippen molar-refractivity contribution < 1.29 is 27.5 Å². The molecule has 2 saturated heterocycles. The van der Waals surface area contributed by atoms with E-state index in [0.717, 1.165) is 28.0 Å². The Morgan fingerprint density at radius 2 is 1.90 bits per heavy atom. The highest BCUT2D eigenvalue weighted by Crippen LogP contribution is 2.35. The molecule has 13 heteroatoms. The molecule has 0 N–H and O–H groups in total. The molecule has 0 saturated carbocycles. The number of piperazine rings is 1. The summed E-state index contributed by atoms with van der Waals surface area (Å²) in [5, 5.41) is 0.591. The molecule has 2 fully saturated rings. The Balaban J connectivity index is 1.35. The molecule has 2 aliphatic heterocycles. The fraction of sp³-hybridized carbons (Fsp3) is 0.444. The fourth-order valence-electron chi connectivity index (χ4n) is 4.83. The lowest BCUT2D eigenvalue weighted by Gasteiger charge is -2.33. The van der Waals surface area contributed by atoms with Crippen molar-refractivity contribution in [1.29, 1.82) is 0 Å². The van der Waals surface area contributed by atoms with E-state index in [1.54, 1.807) is 35.7 Å². The molecule has 2 amide bonds. The van der Waals surface area contributed by atoms with Crippen LogP contribution in [-0.2, 0) is 19.5 Å². The number of benzene rings is 2. The molecular formula is C27H32N4O6S3. The summed E-state index contributed by atoms with van der Waals surface area (Å²) in [6.45, 7) is 3.90. The lowest BCUT2D eigenvalue weighted by Crippen LogP contribution is -2.50. The first kappa shape index (κ1) is 28.8. The summed E-state index contributed by atoms with van der Waals surface area (Å²) in [6.07, 6.45) is 3.30. The van der Waals surface area contributed by atoms with Crippen LogP contribution >= 0.6 is 23.1 Å². The summed E-state index contributed by atoms with van der Waals surface area (Å²) in [5.74, 6) is -0.257. The molecule has 0 radical (unpaired) electrons. The van der Waals surface area contributed by atoms with Crippen molar-refractivity contribution >= 4 is 60.5 Å². The van der Waals surface area contributed by atoms with E-state index in [2.05, 4.69) is 0 Å². The average Bonchev–Trinajstić information content (AvgIpc) is 3.65. The first-order valence-electron chi connectivity index (χ1n) is 13.2. The lowest BCUT2D eigenvalue weighted by molar-refractivity contribution is 0.0916. The summed E-state index contributed by atoms with van der Waals surface area (Å²) in [6, 6.07) is 12.0. The summed E-state index contributed by atoms with van der Waals surface area (Å²) >= 11 is 3.07. The average molecular weight is 605 g/mol. The van der Waals surface area contributed by atoms with Gasteiger partial charge >= 0.3 is 6.09 Å². The van der Waals surface area contributed by atoms with E-state index in [4.69, 9.17) is 14.5 Å². The molecule has 3 aromatic rings. The second-order valence-electron chi connectivity index (χ2n) is 9.47. The minimum atomic E-state index is -3.78. The van der Waals surface area contributed by atoms with Gasteiger partial charge in [0, 0.05) is 43.2 Å². The van der Waals surface area contributed by atoms with Crippen molar-refractivity contribution in [3.8, 4) is 0 Å². The van der Waals surface area contributed by atoms with Crippen LogP contribution in [0.4, 0.5) is 9.93 Å². The Kier molecular flexibility index (Phi) is 8.95. The van der Waals surface area contributed by atoms with Gasteiger partial charge in [0.25, 0.3) is 5.91 Å². The number of fused-ring (bicyclic) bond motifs is 1. The van der Waals surface area contributed by atoms with Crippen LogP contribution in [0.15, 0.2) is 52.3 Å². The summed E-state index contributed by atoms with van der Waals surface area (Å²) in [5.41, 5.74) is 1.23. The van der Waals surface area contributed by atoms with Crippen LogP contribution < -0.4 is 4.90 Å². The predicted molar refractivity (Wildman–Crippen MR) is 156 cm³/mol. The van der Waals surface area contributed by atoms with E-state index in [9.17, 15) is 18.0 Å². The van der Waals surface area contributed by atoms with Crippen LogP contribution in [-0.4, -0.2) is 92.9 Å². The largest absolute Gasteiger partial charge is 0.450 e. The van der Waals surface area contributed by atoms with E-state index < -0.39 is 16.1 Å². The number of hydrogen-bond donors (Lipinski definition) is 0. The Morgan fingerprint density at radius 1 is 1.15 bits per heavy atom. The van der Waals surface area contributed by atoms with Gasteiger partial charge in [-0.25, -0.2) is 18.2 Å². The molecule has 1 unspecified atom stereocenters. The molecule has 214 valence electrons. The Labute approximate surface area is 242 Å². The number of aromatic nitrogens is 1. The fourth-order valence-corrected chi connectivity index (χ4v) is 7.88. The lowest BCUT2D eigenvalue weighted by atomic mass is 10.2. The van der Waals surface area contributed by atoms with Crippen molar-refractivity contribution in [1.82, 2.24) is 14.2 Å². The third-order valence-corrected chi connectivity index (χ3v) is 10.7. The number of hydrogen-bond acceptors (Lipinski definition) is 9. The number of carbonyl (C=O) groups excluding carboxylic acids is 2. The van der Waals surface area contributed by atoms with Gasteiger partial charge in [0.1, 0.15) is 0 Å². The number of sulfonamides is 1. The molecule has 2 aromatic carbocycles. The minimum Gasteiger partial charge on any atom is -0.450 e. The predicted octanol–water partition coefficient (Wildman–Crippen LogP) is 4.31. The first-order chi connectivity index (χ1) is 19.3. The van der Waals surface area contributed by atoms with E-state index in [0.29, 0.717) is 23.8 Å². The number of nitrogens with zero attached hydrogens (tertiary/aromatic N) is 4. The van der Waals surface area contributed by atoms with Crippen molar-refractivity contribution in [3.05, 3.63) is 48.0 Å². The van der Waals surface area contributed by atoms with E-state index in [1.165, 1.54) is 32.7 Å². The molecule has 0 aliphatic carbocycles. The van der Waals surface area contributed by atoms with E-state index >= 15 is 0 Å². The standard InChI is InChI=1S/C27H32N4O6S3/c1-3-36-27(33)29-13-15-30(16-14-29)40(34,35)21-11-9-19(10-12-21)25(32)31(18-20-6-5-17-37-20)26-28-24-22(38-2)7-4-8-23(24)39-26/h4,7-12,20H,3,5-6,13-18H2,1-2H3. The highest BCUT2D eigenvalue weighted by Gasteiger charge is 2.32. The van der Waals surface area contributed by atoms with Crippen LogP contribution in [0.5, 0.6) is 0 Å². The number of thioether (sulfide) groups is 1. The molecule has 40 heavy (non-hydrogen) atoms. The van der Waals surface area contributed by atoms with Gasteiger partial charge in [-0.3, -0.25) is 9.69 Å². The maximum Gasteiger partial charge on any atom is 0.409 e. The van der Waals surface area contributed by atoms with E-state index in [-0.39, 0.29) is 49.7 Å². The molecule has 0 spiro atoms. The molecule has 5 rings (SSSR count).